The molecule has 0 bridgehead atoms. The average Bonchev–Trinajstić information content (AvgIpc) is 2.67. The summed E-state index contributed by atoms with van der Waals surface area (Å²) >= 11 is 5.05. The predicted molar refractivity (Wildman–Crippen MR) is 55.4 cm³/mol. The van der Waals surface area contributed by atoms with E-state index in [0.29, 0.717) is 23.4 Å². The first-order valence-electron chi connectivity index (χ1n) is 4.73. The molecule has 1 fully saturated rings. The molecule has 2 atom stereocenters. The van der Waals surface area contributed by atoms with Gasteiger partial charge in [-0.15, -0.1) is 5.10 Å². The first-order chi connectivity index (χ1) is 6.66. The minimum absolute atomic E-state index is 0.219. The maximum Gasteiger partial charge on any atom is 0.220 e. The fourth-order valence-corrected chi connectivity index (χ4v) is 1.94. The second-order valence-electron chi connectivity index (χ2n) is 3.64. The zero-order valence-electron chi connectivity index (χ0n) is 8.06. The van der Waals surface area contributed by atoms with Gasteiger partial charge in [-0.05, 0) is 32.0 Å². The highest BCUT2D eigenvalue weighted by Crippen LogP contribution is 2.21. The molecular formula is C8H14N4OS. The van der Waals surface area contributed by atoms with E-state index in [4.69, 9.17) is 22.7 Å². The molecule has 1 aliphatic heterocycles. The van der Waals surface area contributed by atoms with Crippen LogP contribution in [0.15, 0.2) is 0 Å². The van der Waals surface area contributed by atoms with E-state index in [1.165, 1.54) is 0 Å². The van der Waals surface area contributed by atoms with Gasteiger partial charge in [0, 0.05) is 0 Å². The fourth-order valence-electron chi connectivity index (χ4n) is 1.73. The lowest BCUT2D eigenvalue weighted by molar-refractivity contribution is 0.0458. The molecule has 0 aliphatic carbocycles. The summed E-state index contributed by atoms with van der Waals surface area (Å²) in [7, 11) is 0. The number of nitrogen functional groups attached to an aromatic ring is 1. The summed E-state index contributed by atoms with van der Waals surface area (Å²) in [5.41, 5.74) is 5.65. The van der Waals surface area contributed by atoms with Crippen molar-refractivity contribution in [3.05, 3.63) is 4.77 Å². The Kier molecular flexibility index (Phi) is 2.56. The van der Waals surface area contributed by atoms with Crippen LogP contribution >= 0.6 is 12.2 Å². The van der Waals surface area contributed by atoms with Crippen molar-refractivity contribution in [2.75, 3.05) is 5.73 Å². The van der Waals surface area contributed by atoms with Crippen molar-refractivity contribution in [3.63, 3.8) is 0 Å². The highest BCUT2D eigenvalue weighted by molar-refractivity contribution is 7.71. The number of aromatic nitrogens is 3. The van der Waals surface area contributed by atoms with E-state index in [1.54, 1.807) is 4.57 Å². The van der Waals surface area contributed by atoms with Crippen LogP contribution in [0.3, 0.4) is 0 Å². The van der Waals surface area contributed by atoms with E-state index in [-0.39, 0.29) is 6.10 Å². The van der Waals surface area contributed by atoms with Crippen molar-refractivity contribution < 1.29 is 4.74 Å². The predicted octanol–water partition coefficient (Wildman–Crippen LogP) is 1.09. The van der Waals surface area contributed by atoms with Gasteiger partial charge in [0.05, 0.1) is 18.8 Å². The Morgan fingerprint density at radius 2 is 2.50 bits per heavy atom. The normalized spacial score (nSPS) is 26.9. The van der Waals surface area contributed by atoms with Gasteiger partial charge in [0.25, 0.3) is 0 Å². The molecule has 2 heterocycles. The number of H-pyrrole nitrogens is 1. The number of ether oxygens (including phenoxy) is 1. The Bertz CT molecular complexity index is 372. The van der Waals surface area contributed by atoms with Crippen molar-refractivity contribution in [2.45, 2.75) is 38.5 Å². The maximum atomic E-state index is 5.68. The number of rotatable bonds is 2. The monoisotopic (exact) mass is 214 g/mol. The summed E-state index contributed by atoms with van der Waals surface area (Å²) in [6, 6.07) is 0. The summed E-state index contributed by atoms with van der Waals surface area (Å²) in [5.74, 6) is 0.429. The number of aromatic amines is 1. The minimum atomic E-state index is 0.219. The number of hydrogen-bond acceptors (Lipinski definition) is 4. The molecule has 0 amide bonds. The van der Waals surface area contributed by atoms with Gasteiger partial charge in [0.2, 0.25) is 5.95 Å². The van der Waals surface area contributed by atoms with Gasteiger partial charge in [0.15, 0.2) is 4.77 Å². The second-order valence-corrected chi connectivity index (χ2v) is 4.03. The van der Waals surface area contributed by atoms with Crippen molar-refractivity contribution >= 4 is 18.2 Å². The van der Waals surface area contributed by atoms with Gasteiger partial charge < -0.3 is 10.5 Å². The highest BCUT2D eigenvalue weighted by Gasteiger charge is 2.22. The van der Waals surface area contributed by atoms with Crippen LogP contribution in [0.2, 0.25) is 0 Å². The third kappa shape index (κ3) is 1.80. The molecule has 1 aromatic heterocycles. The number of nitrogens with one attached hydrogen (secondary N) is 1. The minimum Gasteiger partial charge on any atom is -0.373 e. The van der Waals surface area contributed by atoms with Gasteiger partial charge in [-0.2, -0.15) is 0 Å². The Morgan fingerprint density at radius 3 is 3.00 bits per heavy atom. The second kappa shape index (κ2) is 3.70. The van der Waals surface area contributed by atoms with Crippen molar-refractivity contribution in [2.24, 2.45) is 0 Å². The van der Waals surface area contributed by atoms with Gasteiger partial charge in [-0.3, -0.25) is 4.57 Å². The molecule has 14 heavy (non-hydrogen) atoms. The van der Waals surface area contributed by atoms with E-state index >= 15 is 0 Å². The molecule has 2 rings (SSSR count). The zero-order valence-corrected chi connectivity index (χ0v) is 8.88. The largest absolute Gasteiger partial charge is 0.373 e. The van der Waals surface area contributed by atoms with Gasteiger partial charge in [0.1, 0.15) is 0 Å². The lowest BCUT2D eigenvalue weighted by Crippen LogP contribution is -2.18. The third-order valence-corrected chi connectivity index (χ3v) is 2.81. The number of anilines is 1. The number of hydrogen-bond donors (Lipinski definition) is 2. The van der Waals surface area contributed by atoms with Gasteiger partial charge in [-0.1, -0.05) is 0 Å². The summed E-state index contributed by atoms with van der Waals surface area (Å²) < 4.78 is 8.02. The Morgan fingerprint density at radius 1 is 1.71 bits per heavy atom. The molecule has 0 saturated carbocycles. The molecule has 0 radical (unpaired) electrons. The molecule has 0 aromatic carbocycles. The van der Waals surface area contributed by atoms with E-state index in [9.17, 15) is 0 Å². The van der Waals surface area contributed by atoms with Crippen molar-refractivity contribution in [1.82, 2.24) is 14.8 Å². The summed E-state index contributed by atoms with van der Waals surface area (Å²) in [6.45, 7) is 2.78. The van der Waals surface area contributed by atoms with E-state index in [0.717, 1.165) is 12.8 Å². The van der Waals surface area contributed by atoms with Crippen LogP contribution in [-0.2, 0) is 11.3 Å². The molecule has 1 aliphatic rings. The lowest BCUT2D eigenvalue weighted by Gasteiger charge is -2.11. The van der Waals surface area contributed by atoms with E-state index in [1.807, 2.05) is 0 Å². The molecule has 6 heteroatoms. The van der Waals surface area contributed by atoms with Crippen LogP contribution in [0.4, 0.5) is 5.95 Å². The molecule has 5 nitrogen and oxygen atoms in total. The Labute approximate surface area is 87.3 Å². The number of nitrogens with zero attached hydrogens (tertiary/aromatic N) is 2. The molecule has 78 valence electrons. The maximum absolute atomic E-state index is 5.68. The van der Waals surface area contributed by atoms with Crippen molar-refractivity contribution in [1.29, 1.82) is 0 Å². The fraction of sp³-hybridized carbons (Fsp3) is 0.750. The molecule has 1 aromatic rings. The average molecular weight is 214 g/mol. The smallest absolute Gasteiger partial charge is 0.220 e. The molecule has 0 spiro atoms. The van der Waals surface area contributed by atoms with Crippen LogP contribution in [0.25, 0.3) is 0 Å². The molecule has 1 saturated heterocycles. The first kappa shape index (κ1) is 9.67. The summed E-state index contributed by atoms with van der Waals surface area (Å²) in [6.07, 6.45) is 2.74. The van der Waals surface area contributed by atoms with Crippen LogP contribution in [0.5, 0.6) is 0 Å². The SMILES string of the molecule is CC1CCC(Cn2c(N)n[nH]c2=S)O1. The van der Waals surface area contributed by atoms with Gasteiger partial charge in [-0.25, -0.2) is 5.10 Å². The summed E-state index contributed by atoms with van der Waals surface area (Å²) in [5, 5.41) is 6.50. The standard InChI is InChI=1S/C8H14N4OS/c1-5-2-3-6(13-5)4-12-7(9)10-11-8(12)14/h5-6H,2-4H2,1H3,(H2,9,10)(H,11,14). The Balaban J connectivity index is 2.07. The first-order valence-corrected chi connectivity index (χ1v) is 5.14. The third-order valence-electron chi connectivity index (χ3n) is 2.49. The van der Waals surface area contributed by atoms with E-state index < -0.39 is 0 Å². The highest BCUT2D eigenvalue weighted by atomic mass is 32.1. The molecule has 3 N–H and O–H groups in total. The molecular weight excluding hydrogens is 200 g/mol. The topological polar surface area (TPSA) is 68.9 Å². The Hall–Kier alpha value is -0.880. The van der Waals surface area contributed by atoms with Gasteiger partial charge >= 0.3 is 0 Å². The van der Waals surface area contributed by atoms with E-state index in [2.05, 4.69) is 17.1 Å². The summed E-state index contributed by atoms with van der Waals surface area (Å²) in [4.78, 5) is 0. The van der Waals surface area contributed by atoms with Crippen LogP contribution < -0.4 is 5.73 Å². The van der Waals surface area contributed by atoms with Crippen LogP contribution in [0, 0.1) is 4.77 Å². The molecule has 2 unspecified atom stereocenters. The van der Waals surface area contributed by atoms with Crippen LogP contribution in [-0.4, -0.2) is 27.0 Å². The quantitative estimate of drug-likeness (QED) is 0.723. The van der Waals surface area contributed by atoms with Crippen LogP contribution in [0.1, 0.15) is 19.8 Å². The zero-order chi connectivity index (χ0) is 10.1. The lowest BCUT2D eigenvalue weighted by atomic mass is 10.2. The van der Waals surface area contributed by atoms with Crippen molar-refractivity contribution in [3.8, 4) is 0 Å². The number of nitrogens with two attached hydrogens (primary N) is 1.